The molecule has 1 aliphatic heterocycles. The molecule has 0 saturated carbocycles. The van der Waals surface area contributed by atoms with E-state index in [1.807, 2.05) is 49.4 Å². The Hall–Kier alpha value is -2.00. The van der Waals surface area contributed by atoms with E-state index in [0.29, 0.717) is 6.61 Å². The van der Waals surface area contributed by atoms with Crippen molar-refractivity contribution in [2.45, 2.75) is 19.4 Å². The molecule has 0 aromatic heterocycles. The number of ether oxygens (including phenoxy) is 2. The Morgan fingerprint density at radius 1 is 1.25 bits per heavy atom. The molecule has 0 bridgehead atoms. The van der Waals surface area contributed by atoms with Crippen LogP contribution in [-0.4, -0.2) is 18.3 Å². The van der Waals surface area contributed by atoms with Gasteiger partial charge in [-0.25, -0.2) is 0 Å². The van der Waals surface area contributed by atoms with E-state index in [0.717, 1.165) is 41.2 Å². The molecular formula is C17H18O3. The van der Waals surface area contributed by atoms with E-state index in [4.69, 9.17) is 9.47 Å². The number of hydrogen-bond acceptors (Lipinski definition) is 3. The molecule has 0 spiro atoms. The molecule has 2 aromatic rings. The lowest BCUT2D eigenvalue weighted by atomic mass is 9.98. The van der Waals surface area contributed by atoms with Crippen molar-refractivity contribution in [3.63, 3.8) is 0 Å². The first-order valence-corrected chi connectivity index (χ1v) is 6.95. The zero-order valence-corrected chi connectivity index (χ0v) is 11.5. The highest BCUT2D eigenvalue weighted by molar-refractivity contribution is 5.45. The second kappa shape index (κ2) is 5.55. The van der Waals surface area contributed by atoms with Gasteiger partial charge in [0.1, 0.15) is 17.6 Å². The molecule has 3 rings (SSSR count). The molecule has 1 atom stereocenters. The van der Waals surface area contributed by atoms with E-state index in [1.54, 1.807) is 0 Å². The lowest BCUT2D eigenvalue weighted by molar-refractivity contribution is 0.212. The summed E-state index contributed by atoms with van der Waals surface area (Å²) in [6, 6.07) is 13.5. The normalized spacial score (nSPS) is 14.5. The average Bonchev–Trinajstić information content (AvgIpc) is 2.95. The number of aliphatic hydroxyl groups excluding tert-OH is 1. The van der Waals surface area contributed by atoms with E-state index in [-0.39, 0.29) is 0 Å². The van der Waals surface area contributed by atoms with Gasteiger partial charge in [0.15, 0.2) is 0 Å². The smallest absolute Gasteiger partial charge is 0.125 e. The fourth-order valence-electron chi connectivity index (χ4n) is 2.55. The van der Waals surface area contributed by atoms with Crippen molar-refractivity contribution in [2.24, 2.45) is 0 Å². The summed E-state index contributed by atoms with van der Waals surface area (Å²) in [4.78, 5) is 0. The first-order chi connectivity index (χ1) is 9.79. The molecule has 3 heteroatoms. The molecule has 3 nitrogen and oxygen atoms in total. The van der Waals surface area contributed by atoms with Gasteiger partial charge in [-0.1, -0.05) is 24.3 Å². The number of fused-ring (bicyclic) bond motifs is 1. The van der Waals surface area contributed by atoms with Gasteiger partial charge in [-0.15, -0.1) is 0 Å². The summed E-state index contributed by atoms with van der Waals surface area (Å²) in [6.45, 7) is 3.25. The van der Waals surface area contributed by atoms with Crippen LogP contribution in [0.5, 0.6) is 11.5 Å². The Kier molecular flexibility index (Phi) is 3.61. The summed E-state index contributed by atoms with van der Waals surface area (Å²) in [5, 5.41) is 10.6. The van der Waals surface area contributed by atoms with Gasteiger partial charge in [0, 0.05) is 12.0 Å². The Labute approximate surface area is 118 Å². The van der Waals surface area contributed by atoms with E-state index >= 15 is 0 Å². The number of para-hydroxylation sites is 1. The van der Waals surface area contributed by atoms with Crippen molar-refractivity contribution in [3.8, 4) is 11.5 Å². The summed E-state index contributed by atoms with van der Waals surface area (Å²) in [5.41, 5.74) is 2.84. The van der Waals surface area contributed by atoms with Crippen LogP contribution in [-0.2, 0) is 6.42 Å². The minimum atomic E-state index is -0.677. The highest BCUT2D eigenvalue weighted by Gasteiger charge is 2.18. The maximum atomic E-state index is 10.6. The highest BCUT2D eigenvalue weighted by Crippen LogP contribution is 2.33. The SMILES string of the molecule is CCOc1ccccc1C(O)c1ccc2c(c1)CCO2. The Morgan fingerprint density at radius 2 is 2.10 bits per heavy atom. The molecule has 0 radical (unpaired) electrons. The van der Waals surface area contributed by atoms with Gasteiger partial charge in [0.05, 0.1) is 13.2 Å². The second-order valence-corrected chi connectivity index (χ2v) is 4.84. The van der Waals surface area contributed by atoms with Gasteiger partial charge in [-0.05, 0) is 36.2 Å². The third-order valence-corrected chi connectivity index (χ3v) is 3.54. The molecule has 0 aliphatic carbocycles. The zero-order valence-electron chi connectivity index (χ0n) is 11.5. The summed E-state index contributed by atoms with van der Waals surface area (Å²) in [6.07, 6.45) is 0.229. The third kappa shape index (κ3) is 2.37. The highest BCUT2D eigenvalue weighted by atomic mass is 16.5. The Balaban J connectivity index is 1.94. The lowest BCUT2D eigenvalue weighted by Crippen LogP contribution is -2.04. The number of benzene rings is 2. The van der Waals surface area contributed by atoms with Crippen molar-refractivity contribution in [3.05, 3.63) is 59.2 Å². The predicted molar refractivity (Wildman–Crippen MR) is 77.3 cm³/mol. The van der Waals surface area contributed by atoms with E-state index < -0.39 is 6.10 Å². The molecule has 1 unspecified atom stereocenters. The second-order valence-electron chi connectivity index (χ2n) is 4.84. The maximum absolute atomic E-state index is 10.6. The van der Waals surface area contributed by atoms with Crippen molar-refractivity contribution >= 4 is 0 Å². The largest absolute Gasteiger partial charge is 0.493 e. The molecule has 0 saturated heterocycles. The van der Waals surface area contributed by atoms with Crippen LogP contribution < -0.4 is 9.47 Å². The molecule has 2 aromatic carbocycles. The van der Waals surface area contributed by atoms with Gasteiger partial charge in [-0.2, -0.15) is 0 Å². The van der Waals surface area contributed by atoms with Crippen LogP contribution in [0.3, 0.4) is 0 Å². The van der Waals surface area contributed by atoms with Crippen molar-refractivity contribution in [1.29, 1.82) is 0 Å². The van der Waals surface area contributed by atoms with Gasteiger partial charge >= 0.3 is 0 Å². The average molecular weight is 270 g/mol. The third-order valence-electron chi connectivity index (χ3n) is 3.54. The van der Waals surface area contributed by atoms with E-state index in [1.165, 1.54) is 0 Å². The lowest BCUT2D eigenvalue weighted by Gasteiger charge is -2.16. The molecule has 0 fully saturated rings. The molecule has 20 heavy (non-hydrogen) atoms. The summed E-state index contributed by atoms with van der Waals surface area (Å²) in [7, 11) is 0. The van der Waals surface area contributed by atoms with Gasteiger partial charge in [0.2, 0.25) is 0 Å². The number of hydrogen-bond donors (Lipinski definition) is 1. The van der Waals surface area contributed by atoms with Gasteiger partial charge in [-0.3, -0.25) is 0 Å². The molecule has 1 heterocycles. The topological polar surface area (TPSA) is 38.7 Å². The maximum Gasteiger partial charge on any atom is 0.125 e. The Morgan fingerprint density at radius 3 is 2.95 bits per heavy atom. The number of rotatable bonds is 4. The first kappa shape index (κ1) is 13.0. The predicted octanol–water partition coefficient (Wildman–Crippen LogP) is 3.10. The van der Waals surface area contributed by atoms with Crippen molar-refractivity contribution in [2.75, 3.05) is 13.2 Å². The van der Waals surface area contributed by atoms with Crippen LogP contribution in [0.25, 0.3) is 0 Å². The first-order valence-electron chi connectivity index (χ1n) is 6.95. The standard InChI is InChI=1S/C17H18O3/c1-2-19-16-6-4-3-5-14(16)17(18)13-7-8-15-12(11-13)9-10-20-15/h3-8,11,17-18H,2,9-10H2,1H3. The van der Waals surface area contributed by atoms with Crippen LogP contribution in [0.1, 0.15) is 29.7 Å². The molecule has 0 amide bonds. The Bertz CT molecular complexity index is 607. The number of aliphatic hydroxyl groups is 1. The van der Waals surface area contributed by atoms with E-state index in [9.17, 15) is 5.11 Å². The zero-order chi connectivity index (χ0) is 13.9. The van der Waals surface area contributed by atoms with Crippen molar-refractivity contribution < 1.29 is 14.6 Å². The summed E-state index contributed by atoms with van der Waals surface area (Å²) in [5.74, 6) is 1.67. The molecule has 1 N–H and O–H groups in total. The fraction of sp³-hybridized carbons (Fsp3) is 0.294. The monoisotopic (exact) mass is 270 g/mol. The summed E-state index contributed by atoms with van der Waals surface area (Å²) >= 11 is 0. The van der Waals surface area contributed by atoms with Gasteiger partial charge in [0.25, 0.3) is 0 Å². The molecule has 1 aliphatic rings. The van der Waals surface area contributed by atoms with Crippen LogP contribution in [0, 0.1) is 0 Å². The molecular weight excluding hydrogens is 252 g/mol. The molecule has 104 valence electrons. The van der Waals surface area contributed by atoms with Gasteiger partial charge < -0.3 is 14.6 Å². The van der Waals surface area contributed by atoms with Crippen LogP contribution >= 0.6 is 0 Å². The quantitative estimate of drug-likeness (QED) is 0.927. The van der Waals surface area contributed by atoms with Crippen LogP contribution in [0.2, 0.25) is 0 Å². The summed E-state index contributed by atoms with van der Waals surface area (Å²) < 4.78 is 11.1. The van der Waals surface area contributed by atoms with Crippen LogP contribution in [0.4, 0.5) is 0 Å². The minimum absolute atomic E-state index is 0.585. The van der Waals surface area contributed by atoms with Crippen LogP contribution in [0.15, 0.2) is 42.5 Å². The van der Waals surface area contributed by atoms with E-state index in [2.05, 4.69) is 0 Å². The van der Waals surface area contributed by atoms with Crippen molar-refractivity contribution in [1.82, 2.24) is 0 Å². The fourth-order valence-corrected chi connectivity index (χ4v) is 2.55. The minimum Gasteiger partial charge on any atom is -0.493 e.